The van der Waals surface area contributed by atoms with E-state index in [0.717, 1.165) is 38.3 Å². The molecule has 4 rings (SSSR count). The first-order valence-corrected chi connectivity index (χ1v) is 11.1. The summed E-state index contributed by atoms with van der Waals surface area (Å²) < 4.78 is 0. The Hall–Kier alpha value is -4.00. The van der Waals surface area contributed by atoms with E-state index in [4.69, 9.17) is 5.26 Å². The Labute approximate surface area is 197 Å². The highest BCUT2D eigenvalue weighted by Crippen LogP contribution is 2.34. The minimum absolute atomic E-state index is 0.0813. The van der Waals surface area contributed by atoms with E-state index < -0.39 is 4.92 Å². The van der Waals surface area contributed by atoms with Crippen molar-refractivity contribution in [3.8, 4) is 28.6 Å². The number of hydrogen-bond acceptors (Lipinski definition) is 6. The molecule has 174 valence electrons. The molecule has 2 N–H and O–H groups in total. The summed E-state index contributed by atoms with van der Waals surface area (Å²) in [4.78, 5) is 32.2. The molecule has 1 amide bonds. The third-order valence-electron chi connectivity index (χ3n) is 6.07. The van der Waals surface area contributed by atoms with E-state index in [9.17, 15) is 14.9 Å². The Morgan fingerprint density at radius 1 is 1.15 bits per heavy atom. The molecular weight excluding hydrogens is 432 g/mol. The van der Waals surface area contributed by atoms with Crippen LogP contribution in [0.1, 0.15) is 15.9 Å². The minimum atomic E-state index is -0.452. The maximum atomic E-state index is 13.2. The van der Waals surface area contributed by atoms with Gasteiger partial charge >= 0.3 is 0 Å². The summed E-state index contributed by atoms with van der Waals surface area (Å²) in [5.41, 5.74) is 2.93. The maximum absolute atomic E-state index is 13.2. The summed E-state index contributed by atoms with van der Waals surface area (Å²) in [7, 11) is 2.10. The lowest BCUT2D eigenvalue weighted by Gasteiger charge is -2.32. The number of hydrogen-bond donors (Lipinski definition) is 2. The minimum Gasteiger partial charge on any atom is -0.354 e. The molecule has 0 atom stereocenters. The first kappa shape index (κ1) is 23.2. The van der Waals surface area contributed by atoms with Crippen molar-refractivity contribution in [1.82, 2.24) is 20.1 Å². The number of likely N-dealkylation sites (N-methyl/N-ethyl adjacent to an activating group) is 1. The van der Waals surface area contributed by atoms with Crippen molar-refractivity contribution >= 4 is 11.6 Å². The molecule has 3 aromatic rings. The van der Waals surface area contributed by atoms with Crippen LogP contribution < -0.4 is 5.32 Å². The Kier molecular flexibility index (Phi) is 7.01. The number of H-pyrrole nitrogens is 1. The van der Waals surface area contributed by atoms with Gasteiger partial charge in [0.1, 0.15) is 0 Å². The van der Waals surface area contributed by atoms with E-state index >= 15 is 0 Å². The number of nitro groups is 1. The van der Waals surface area contributed by atoms with Crippen LogP contribution in [0.4, 0.5) is 5.69 Å². The summed E-state index contributed by atoms with van der Waals surface area (Å²) >= 11 is 0. The fourth-order valence-corrected chi connectivity index (χ4v) is 4.06. The summed E-state index contributed by atoms with van der Waals surface area (Å²) in [6, 6.07) is 17.1. The molecule has 1 fully saturated rings. The summed E-state index contributed by atoms with van der Waals surface area (Å²) in [5, 5.41) is 23.7. The fraction of sp³-hybridized carbons (Fsp3) is 0.280. The van der Waals surface area contributed by atoms with Crippen LogP contribution in [0.3, 0.4) is 0 Å². The second-order valence-corrected chi connectivity index (χ2v) is 8.34. The van der Waals surface area contributed by atoms with Crippen LogP contribution in [-0.4, -0.2) is 71.9 Å². The van der Waals surface area contributed by atoms with E-state index in [-0.39, 0.29) is 11.6 Å². The fourth-order valence-electron chi connectivity index (χ4n) is 4.06. The monoisotopic (exact) mass is 458 g/mol. The van der Waals surface area contributed by atoms with Crippen molar-refractivity contribution in [2.45, 2.75) is 0 Å². The van der Waals surface area contributed by atoms with Crippen molar-refractivity contribution in [2.24, 2.45) is 0 Å². The Morgan fingerprint density at radius 2 is 1.85 bits per heavy atom. The van der Waals surface area contributed by atoms with Crippen molar-refractivity contribution in [2.75, 3.05) is 46.3 Å². The van der Waals surface area contributed by atoms with E-state index in [0.29, 0.717) is 34.6 Å². The largest absolute Gasteiger partial charge is 0.354 e. The standard InChI is InChI=1S/C25H26N6O3/c1-29-12-14-30(15-13-29)11-10-27-25(32)21-16-22(19-8-6-18(17-26)7-9-19)28-24(21)20-4-2-3-5-23(20)31(33)34/h2-9,16,28H,10-15H2,1H3,(H,27,32). The molecule has 0 spiro atoms. The molecule has 34 heavy (non-hydrogen) atoms. The first-order valence-electron chi connectivity index (χ1n) is 11.1. The van der Waals surface area contributed by atoms with Gasteiger partial charge in [0.05, 0.1) is 33.4 Å². The predicted octanol–water partition coefficient (Wildman–Crippen LogP) is 3.11. The molecule has 2 aromatic carbocycles. The van der Waals surface area contributed by atoms with E-state index in [1.165, 1.54) is 6.07 Å². The lowest BCUT2D eigenvalue weighted by Crippen LogP contribution is -2.46. The Morgan fingerprint density at radius 3 is 2.53 bits per heavy atom. The summed E-state index contributed by atoms with van der Waals surface area (Å²) in [6.07, 6.45) is 0. The third kappa shape index (κ3) is 5.14. The summed E-state index contributed by atoms with van der Waals surface area (Å²) in [5.74, 6) is -0.293. The van der Waals surface area contributed by atoms with Crippen LogP contribution in [0.15, 0.2) is 54.6 Å². The van der Waals surface area contributed by atoms with Crippen LogP contribution >= 0.6 is 0 Å². The van der Waals surface area contributed by atoms with Crippen molar-refractivity contribution in [1.29, 1.82) is 5.26 Å². The highest BCUT2D eigenvalue weighted by molar-refractivity contribution is 6.02. The third-order valence-corrected chi connectivity index (χ3v) is 6.07. The normalized spacial score (nSPS) is 14.5. The average Bonchev–Trinajstić information content (AvgIpc) is 3.31. The number of aromatic amines is 1. The zero-order valence-electron chi connectivity index (χ0n) is 19.0. The number of nitro benzene ring substituents is 1. The van der Waals surface area contributed by atoms with Gasteiger partial charge in [-0.25, -0.2) is 0 Å². The van der Waals surface area contributed by atoms with Gasteiger partial charge in [-0.15, -0.1) is 0 Å². The molecule has 1 saturated heterocycles. The number of piperazine rings is 1. The number of para-hydroxylation sites is 1. The Balaban J connectivity index is 1.62. The van der Waals surface area contributed by atoms with Gasteiger partial charge in [-0.3, -0.25) is 19.8 Å². The van der Waals surface area contributed by atoms with Gasteiger partial charge in [-0.05, 0) is 36.9 Å². The molecule has 0 aliphatic carbocycles. The smallest absolute Gasteiger partial charge is 0.278 e. The number of nitriles is 1. The number of nitrogens with one attached hydrogen (secondary N) is 2. The highest BCUT2D eigenvalue weighted by atomic mass is 16.6. The number of benzene rings is 2. The van der Waals surface area contributed by atoms with E-state index in [2.05, 4.69) is 33.2 Å². The highest BCUT2D eigenvalue weighted by Gasteiger charge is 2.23. The number of nitrogens with zero attached hydrogens (tertiary/aromatic N) is 4. The molecule has 1 aliphatic rings. The van der Waals surface area contributed by atoms with Crippen molar-refractivity contribution in [3.63, 3.8) is 0 Å². The number of amides is 1. The molecule has 0 unspecified atom stereocenters. The van der Waals surface area contributed by atoms with Crippen molar-refractivity contribution in [3.05, 3.63) is 75.8 Å². The van der Waals surface area contributed by atoms with E-state index in [1.54, 1.807) is 48.5 Å². The molecule has 1 aromatic heterocycles. The molecule has 9 nitrogen and oxygen atoms in total. The molecule has 0 radical (unpaired) electrons. The number of aromatic nitrogens is 1. The van der Waals surface area contributed by atoms with Gasteiger partial charge in [0.25, 0.3) is 11.6 Å². The van der Waals surface area contributed by atoms with Crippen LogP contribution in [0.5, 0.6) is 0 Å². The van der Waals surface area contributed by atoms with Crippen LogP contribution in [0.2, 0.25) is 0 Å². The SMILES string of the molecule is CN1CCN(CCNC(=O)c2cc(-c3ccc(C#N)cc3)[nH]c2-c2ccccc2[N+](=O)[O-])CC1. The molecule has 2 heterocycles. The van der Waals surface area contributed by atoms with Gasteiger partial charge in [0.2, 0.25) is 0 Å². The van der Waals surface area contributed by atoms with E-state index in [1.807, 2.05) is 0 Å². The summed E-state index contributed by atoms with van der Waals surface area (Å²) in [6.45, 7) is 5.15. The molecule has 9 heteroatoms. The van der Waals surface area contributed by atoms with Gasteiger partial charge in [-0.2, -0.15) is 5.26 Å². The number of rotatable bonds is 7. The van der Waals surface area contributed by atoms with Gasteiger partial charge < -0.3 is 15.2 Å². The van der Waals surface area contributed by atoms with Gasteiger partial charge in [0.15, 0.2) is 0 Å². The molecule has 1 aliphatic heterocycles. The molecule has 0 bridgehead atoms. The zero-order chi connectivity index (χ0) is 24.1. The second kappa shape index (κ2) is 10.3. The van der Waals surface area contributed by atoms with Crippen LogP contribution in [0.25, 0.3) is 22.5 Å². The Bertz CT molecular complexity index is 1220. The first-order chi connectivity index (χ1) is 16.5. The maximum Gasteiger partial charge on any atom is 0.278 e. The van der Waals surface area contributed by atoms with Crippen LogP contribution in [0, 0.1) is 21.4 Å². The van der Waals surface area contributed by atoms with Gasteiger partial charge in [-0.1, -0.05) is 24.3 Å². The lowest BCUT2D eigenvalue weighted by molar-refractivity contribution is -0.384. The lowest BCUT2D eigenvalue weighted by atomic mass is 10.0. The number of carbonyl (C=O) groups excluding carboxylic acids is 1. The second-order valence-electron chi connectivity index (χ2n) is 8.34. The quantitative estimate of drug-likeness (QED) is 0.415. The topological polar surface area (TPSA) is 118 Å². The van der Waals surface area contributed by atoms with Gasteiger partial charge in [0, 0.05) is 51.0 Å². The molecule has 0 saturated carbocycles. The predicted molar refractivity (Wildman–Crippen MR) is 129 cm³/mol. The number of carbonyl (C=O) groups is 1. The zero-order valence-corrected chi connectivity index (χ0v) is 19.0. The van der Waals surface area contributed by atoms with Crippen LogP contribution in [-0.2, 0) is 0 Å². The average molecular weight is 459 g/mol. The molecular formula is C25H26N6O3. The van der Waals surface area contributed by atoms with Crippen molar-refractivity contribution < 1.29 is 9.72 Å².